The summed E-state index contributed by atoms with van der Waals surface area (Å²) in [4.78, 5) is 0. The molecule has 2 heterocycles. The normalized spacial score (nSPS) is 11.5. The summed E-state index contributed by atoms with van der Waals surface area (Å²) in [6.07, 6.45) is 3.00. The van der Waals surface area contributed by atoms with Gasteiger partial charge in [0.1, 0.15) is 13.2 Å². The molecule has 4 heteroatoms. The van der Waals surface area contributed by atoms with E-state index in [1.807, 2.05) is 0 Å². The highest BCUT2D eigenvalue weighted by Gasteiger charge is 2.16. The minimum absolute atomic E-state index is 0.461. The third kappa shape index (κ3) is 7.04. The predicted molar refractivity (Wildman–Crippen MR) is 261 cm³/mol. The van der Waals surface area contributed by atoms with E-state index in [9.17, 15) is 0 Å². The summed E-state index contributed by atoms with van der Waals surface area (Å²) < 4.78 is 16.1. The molecular formula is C58H48N2O2. The van der Waals surface area contributed by atoms with E-state index >= 15 is 0 Å². The van der Waals surface area contributed by atoms with Gasteiger partial charge in [-0.3, -0.25) is 0 Å². The number of aromatic nitrogens is 2. The van der Waals surface area contributed by atoms with Crippen molar-refractivity contribution in [3.05, 3.63) is 207 Å². The lowest BCUT2D eigenvalue weighted by Gasteiger charge is -2.16. The van der Waals surface area contributed by atoms with Crippen LogP contribution in [0.15, 0.2) is 196 Å². The lowest BCUT2D eigenvalue weighted by atomic mass is 9.89. The van der Waals surface area contributed by atoms with Gasteiger partial charge in [-0.15, -0.1) is 0 Å². The Labute approximate surface area is 363 Å². The van der Waals surface area contributed by atoms with E-state index < -0.39 is 0 Å². The van der Waals surface area contributed by atoms with Crippen molar-refractivity contribution in [1.29, 1.82) is 0 Å². The zero-order valence-corrected chi connectivity index (χ0v) is 35.3. The van der Waals surface area contributed by atoms with Crippen LogP contribution >= 0.6 is 0 Å². The third-order valence-electron chi connectivity index (χ3n) is 12.3. The number of benzene rings is 8. The van der Waals surface area contributed by atoms with E-state index in [0.29, 0.717) is 13.2 Å². The van der Waals surface area contributed by atoms with Crippen LogP contribution in [0.25, 0.3) is 99.2 Å². The van der Waals surface area contributed by atoms with Gasteiger partial charge in [-0.25, -0.2) is 0 Å². The summed E-state index contributed by atoms with van der Waals surface area (Å²) in [6, 6.07) is 62.8. The smallest absolute Gasteiger partial charge is 0.112 e. The Kier molecular flexibility index (Phi) is 10.3. The molecule has 8 aromatic carbocycles. The Morgan fingerprint density at radius 1 is 0.355 bits per heavy atom. The van der Waals surface area contributed by atoms with Gasteiger partial charge in [0.25, 0.3) is 0 Å². The van der Waals surface area contributed by atoms with Gasteiger partial charge in [-0.05, 0) is 166 Å². The Bertz CT molecular complexity index is 3110. The first-order valence-corrected chi connectivity index (χ1v) is 21.5. The van der Waals surface area contributed by atoms with E-state index in [1.165, 1.54) is 78.4 Å². The molecule has 0 spiro atoms. The highest BCUT2D eigenvalue weighted by molar-refractivity contribution is 6.11. The number of hydrogen-bond donors (Lipinski definition) is 0. The average Bonchev–Trinajstić information content (AvgIpc) is 3.83. The zero-order chi connectivity index (χ0) is 42.2. The number of ether oxygens (including phenoxy) is 2. The Balaban J connectivity index is 1.21. The van der Waals surface area contributed by atoms with Crippen LogP contribution in [0.5, 0.6) is 0 Å². The fraction of sp³-hybridized carbons (Fsp3) is 0.103. The number of aryl methyl sites for hydroxylation is 2. The average molecular weight is 805 g/mol. The second kappa shape index (κ2) is 16.5. The summed E-state index contributed by atoms with van der Waals surface area (Å²) in [6.45, 7) is 14.7. The lowest BCUT2D eigenvalue weighted by Crippen LogP contribution is -1.93. The monoisotopic (exact) mass is 804 g/mol. The first-order valence-electron chi connectivity index (χ1n) is 21.5. The van der Waals surface area contributed by atoms with E-state index in [0.717, 1.165) is 57.6 Å². The predicted octanol–water partition coefficient (Wildman–Crippen LogP) is 15.6. The SMILES string of the molecule is C=COCc1cccc(-c2cc(-c3cccc(COC=C)c3)cc(-c3cc(-c4ccc5c(c4)c4ccccc4n5CC)cc(-c4ccc5c(c4)c4ccccc4n5CC)c3)c2)c1. The number of nitrogens with zero attached hydrogens (tertiary/aromatic N) is 2. The maximum Gasteiger partial charge on any atom is 0.112 e. The summed E-state index contributed by atoms with van der Waals surface area (Å²) in [5.41, 5.74) is 18.7. The molecular weight excluding hydrogens is 757 g/mol. The second-order valence-corrected chi connectivity index (χ2v) is 15.9. The summed E-state index contributed by atoms with van der Waals surface area (Å²) in [5.74, 6) is 0. The minimum atomic E-state index is 0.461. The molecule has 4 nitrogen and oxygen atoms in total. The molecule has 0 bridgehead atoms. The van der Waals surface area contributed by atoms with Crippen LogP contribution in [0.1, 0.15) is 25.0 Å². The van der Waals surface area contributed by atoms with Crippen LogP contribution in [0.4, 0.5) is 0 Å². The number of fused-ring (bicyclic) bond motifs is 6. The van der Waals surface area contributed by atoms with Crippen LogP contribution in [0.2, 0.25) is 0 Å². The lowest BCUT2D eigenvalue weighted by molar-refractivity contribution is 0.237. The van der Waals surface area contributed by atoms with Crippen LogP contribution in [-0.4, -0.2) is 9.13 Å². The number of para-hydroxylation sites is 2. The van der Waals surface area contributed by atoms with Gasteiger partial charge < -0.3 is 18.6 Å². The van der Waals surface area contributed by atoms with Crippen molar-refractivity contribution >= 4 is 43.6 Å². The van der Waals surface area contributed by atoms with Crippen molar-refractivity contribution in [2.24, 2.45) is 0 Å². The highest BCUT2D eigenvalue weighted by atomic mass is 16.5. The molecule has 0 aliphatic heterocycles. The topological polar surface area (TPSA) is 28.3 Å². The first kappa shape index (κ1) is 38.6. The summed E-state index contributed by atoms with van der Waals surface area (Å²) in [7, 11) is 0. The van der Waals surface area contributed by atoms with Gasteiger partial charge in [0.05, 0.1) is 12.5 Å². The molecule has 0 N–H and O–H groups in total. The molecule has 0 aliphatic rings. The van der Waals surface area contributed by atoms with Gasteiger partial charge in [0.15, 0.2) is 0 Å². The van der Waals surface area contributed by atoms with Gasteiger partial charge in [0, 0.05) is 56.7 Å². The molecule has 0 fully saturated rings. The second-order valence-electron chi connectivity index (χ2n) is 15.9. The van der Waals surface area contributed by atoms with Gasteiger partial charge >= 0.3 is 0 Å². The van der Waals surface area contributed by atoms with Gasteiger partial charge in [-0.1, -0.05) is 98.1 Å². The number of rotatable bonds is 13. The Morgan fingerprint density at radius 3 is 1.10 bits per heavy atom. The molecule has 10 aromatic rings. The maximum atomic E-state index is 5.61. The molecule has 0 saturated carbocycles. The van der Waals surface area contributed by atoms with Crippen LogP contribution < -0.4 is 0 Å². The molecule has 62 heavy (non-hydrogen) atoms. The molecule has 0 atom stereocenters. The Hall–Kier alpha value is -7.56. The maximum absolute atomic E-state index is 5.61. The molecule has 0 radical (unpaired) electrons. The number of hydrogen-bond acceptors (Lipinski definition) is 2. The fourth-order valence-corrected chi connectivity index (χ4v) is 9.39. The van der Waals surface area contributed by atoms with Crippen LogP contribution in [-0.2, 0) is 35.8 Å². The quantitative estimate of drug-likeness (QED) is 0.109. The first-order chi connectivity index (χ1) is 30.5. The highest BCUT2D eigenvalue weighted by Crippen LogP contribution is 2.41. The molecule has 2 aromatic heterocycles. The van der Waals surface area contributed by atoms with Crippen molar-refractivity contribution in [3.63, 3.8) is 0 Å². The van der Waals surface area contributed by atoms with Gasteiger partial charge in [0.2, 0.25) is 0 Å². The minimum Gasteiger partial charge on any atom is -0.497 e. The molecule has 0 saturated heterocycles. The standard InChI is InChI=1S/C58H48N2O2/c1-5-59-55-21-11-9-19-51(55)53-35-43(23-25-57(53)59)47-30-48(44-24-26-58-54(36-44)52-20-10-12-22-56(52)60(58)6-2)34-50(33-47)49-31-45(41-17-13-15-39(27-41)37-61-7-3)29-46(32-49)42-18-14-16-40(28-42)38-62-8-4/h7-36H,3-6,37-38H2,1-2H3. The molecule has 0 aliphatic carbocycles. The molecule has 302 valence electrons. The van der Waals surface area contributed by atoms with Crippen molar-refractivity contribution in [1.82, 2.24) is 9.13 Å². The van der Waals surface area contributed by atoms with E-state index in [1.54, 1.807) is 0 Å². The largest absolute Gasteiger partial charge is 0.497 e. The summed E-state index contributed by atoms with van der Waals surface area (Å²) in [5, 5.41) is 5.09. The van der Waals surface area contributed by atoms with Crippen LogP contribution in [0.3, 0.4) is 0 Å². The molecule has 10 rings (SSSR count). The Morgan fingerprint density at radius 2 is 0.710 bits per heavy atom. The van der Waals surface area contributed by atoms with Crippen molar-refractivity contribution < 1.29 is 9.47 Å². The zero-order valence-electron chi connectivity index (χ0n) is 35.3. The molecule has 0 unspecified atom stereocenters. The van der Waals surface area contributed by atoms with E-state index in [4.69, 9.17) is 9.47 Å². The summed E-state index contributed by atoms with van der Waals surface area (Å²) >= 11 is 0. The van der Waals surface area contributed by atoms with E-state index in [-0.39, 0.29) is 0 Å². The van der Waals surface area contributed by atoms with E-state index in [2.05, 4.69) is 206 Å². The third-order valence-corrected chi connectivity index (χ3v) is 12.3. The van der Waals surface area contributed by atoms with Crippen molar-refractivity contribution in [3.8, 4) is 55.6 Å². The fourth-order valence-electron chi connectivity index (χ4n) is 9.39. The van der Waals surface area contributed by atoms with Crippen molar-refractivity contribution in [2.75, 3.05) is 0 Å². The van der Waals surface area contributed by atoms with Gasteiger partial charge in [-0.2, -0.15) is 0 Å². The van der Waals surface area contributed by atoms with Crippen molar-refractivity contribution in [2.45, 2.75) is 40.2 Å². The molecule has 0 amide bonds. The van der Waals surface area contributed by atoms with Crippen LogP contribution in [0, 0.1) is 0 Å².